The van der Waals surface area contributed by atoms with Crippen LogP contribution < -0.4 is 5.32 Å². The van der Waals surface area contributed by atoms with Crippen LogP contribution in [0, 0.1) is 5.92 Å². The van der Waals surface area contributed by atoms with Crippen molar-refractivity contribution < 1.29 is 9.53 Å². The molecule has 1 aromatic heterocycles. The molecule has 4 nitrogen and oxygen atoms in total. The van der Waals surface area contributed by atoms with Gasteiger partial charge in [-0.1, -0.05) is 13.8 Å². The Bertz CT molecular complexity index is 318. The van der Waals surface area contributed by atoms with Gasteiger partial charge in [0, 0.05) is 12.2 Å². The zero-order valence-electron chi connectivity index (χ0n) is 9.46. The number of rotatable bonds is 5. The minimum absolute atomic E-state index is 0.329. The highest BCUT2D eigenvalue weighted by molar-refractivity contribution is 5.87. The fraction of sp³-hybridized carbons (Fsp3) is 0.545. The molecular formula is C11H18N2O2. The van der Waals surface area contributed by atoms with Crippen LogP contribution in [-0.2, 0) is 11.3 Å². The maximum Gasteiger partial charge on any atom is 0.354 e. The SMILES string of the molecule is COC(=O)c1ccc(CNCC(C)C)[nH]1. The molecule has 0 aliphatic carbocycles. The monoisotopic (exact) mass is 210 g/mol. The van der Waals surface area contributed by atoms with Crippen molar-refractivity contribution in [3.05, 3.63) is 23.5 Å². The third-order valence-corrected chi connectivity index (χ3v) is 2.02. The van der Waals surface area contributed by atoms with E-state index in [0.29, 0.717) is 11.6 Å². The predicted molar refractivity (Wildman–Crippen MR) is 58.7 cm³/mol. The van der Waals surface area contributed by atoms with E-state index in [0.717, 1.165) is 18.8 Å². The van der Waals surface area contributed by atoms with Crippen molar-refractivity contribution in [2.45, 2.75) is 20.4 Å². The van der Waals surface area contributed by atoms with Gasteiger partial charge in [-0.25, -0.2) is 4.79 Å². The number of H-pyrrole nitrogens is 1. The van der Waals surface area contributed by atoms with Crippen LogP contribution in [0.2, 0.25) is 0 Å². The van der Waals surface area contributed by atoms with Gasteiger partial charge < -0.3 is 15.0 Å². The highest BCUT2D eigenvalue weighted by atomic mass is 16.5. The maximum absolute atomic E-state index is 11.1. The third kappa shape index (κ3) is 3.75. The molecule has 1 heterocycles. The molecule has 0 aliphatic heterocycles. The Morgan fingerprint density at radius 1 is 1.53 bits per heavy atom. The highest BCUT2D eigenvalue weighted by Gasteiger charge is 2.07. The summed E-state index contributed by atoms with van der Waals surface area (Å²) >= 11 is 0. The number of nitrogens with one attached hydrogen (secondary N) is 2. The van der Waals surface area contributed by atoms with Gasteiger partial charge in [-0.2, -0.15) is 0 Å². The molecule has 0 amide bonds. The molecule has 0 spiro atoms. The van der Waals surface area contributed by atoms with Crippen molar-refractivity contribution in [3.8, 4) is 0 Å². The minimum atomic E-state index is -0.329. The van der Waals surface area contributed by atoms with Gasteiger partial charge in [0.25, 0.3) is 0 Å². The van der Waals surface area contributed by atoms with Gasteiger partial charge in [0.2, 0.25) is 0 Å². The Kier molecular flexibility index (Phi) is 4.37. The van der Waals surface area contributed by atoms with Crippen LogP contribution in [0.1, 0.15) is 30.0 Å². The number of methoxy groups -OCH3 is 1. The molecule has 1 rings (SSSR count). The van der Waals surface area contributed by atoms with E-state index >= 15 is 0 Å². The van der Waals surface area contributed by atoms with E-state index in [-0.39, 0.29) is 5.97 Å². The van der Waals surface area contributed by atoms with Crippen molar-refractivity contribution in [2.24, 2.45) is 5.92 Å². The lowest BCUT2D eigenvalue weighted by Crippen LogP contribution is -2.19. The number of aromatic amines is 1. The van der Waals surface area contributed by atoms with Crippen LogP contribution in [-0.4, -0.2) is 24.6 Å². The zero-order valence-corrected chi connectivity index (χ0v) is 9.46. The first-order valence-electron chi connectivity index (χ1n) is 5.10. The molecule has 0 aromatic carbocycles. The molecule has 0 atom stereocenters. The Balaban J connectivity index is 2.43. The Hall–Kier alpha value is -1.29. The van der Waals surface area contributed by atoms with Crippen molar-refractivity contribution in [1.82, 2.24) is 10.3 Å². The van der Waals surface area contributed by atoms with E-state index in [9.17, 15) is 4.79 Å². The summed E-state index contributed by atoms with van der Waals surface area (Å²) in [6.07, 6.45) is 0. The Morgan fingerprint density at radius 2 is 2.27 bits per heavy atom. The van der Waals surface area contributed by atoms with E-state index in [1.54, 1.807) is 6.07 Å². The molecule has 4 heteroatoms. The standard InChI is InChI=1S/C11H18N2O2/c1-8(2)6-12-7-9-4-5-10(13-9)11(14)15-3/h4-5,8,12-13H,6-7H2,1-3H3. The van der Waals surface area contributed by atoms with E-state index < -0.39 is 0 Å². The van der Waals surface area contributed by atoms with Gasteiger partial charge in [0.1, 0.15) is 5.69 Å². The fourth-order valence-corrected chi connectivity index (χ4v) is 1.27. The molecule has 2 N–H and O–H groups in total. The van der Waals surface area contributed by atoms with Crippen molar-refractivity contribution in [3.63, 3.8) is 0 Å². The summed E-state index contributed by atoms with van der Waals surface area (Å²) in [7, 11) is 1.37. The summed E-state index contributed by atoms with van der Waals surface area (Å²) in [6, 6.07) is 3.62. The Morgan fingerprint density at radius 3 is 2.87 bits per heavy atom. The molecule has 84 valence electrons. The first-order valence-corrected chi connectivity index (χ1v) is 5.10. The average Bonchev–Trinajstić information content (AvgIpc) is 2.65. The van der Waals surface area contributed by atoms with Crippen LogP contribution in [0.25, 0.3) is 0 Å². The summed E-state index contributed by atoms with van der Waals surface area (Å²) < 4.78 is 4.60. The number of carbonyl (C=O) groups excluding carboxylic acids is 1. The molecule has 0 saturated heterocycles. The smallest absolute Gasteiger partial charge is 0.354 e. The molecule has 0 unspecified atom stereocenters. The van der Waals surface area contributed by atoms with Crippen LogP contribution in [0.3, 0.4) is 0 Å². The lowest BCUT2D eigenvalue weighted by molar-refractivity contribution is 0.0594. The topological polar surface area (TPSA) is 54.1 Å². The molecule has 0 bridgehead atoms. The normalized spacial score (nSPS) is 10.7. The zero-order chi connectivity index (χ0) is 11.3. The lowest BCUT2D eigenvalue weighted by atomic mass is 10.2. The quantitative estimate of drug-likeness (QED) is 0.725. The molecule has 0 aliphatic rings. The minimum Gasteiger partial charge on any atom is -0.464 e. The second-order valence-electron chi connectivity index (χ2n) is 3.91. The van der Waals surface area contributed by atoms with E-state index in [1.165, 1.54) is 7.11 Å². The van der Waals surface area contributed by atoms with Crippen LogP contribution in [0.15, 0.2) is 12.1 Å². The molecule has 0 radical (unpaired) electrons. The second-order valence-corrected chi connectivity index (χ2v) is 3.91. The highest BCUT2D eigenvalue weighted by Crippen LogP contribution is 2.03. The van der Waals surface area contributed by atoms with Crippen LogP contribution in [0.4, 0.5) is 0 Å². The molecule has 0 saturated carbocycles. The summed E-state index contributed by atoms with van der Waals surface area (Å²) in [4.78, 5) is 14.1. The first-order chi connectivity index (χ1) is 7.13. The summed E-state index contributed by atoms with van der Waals surface area (Å²) in [5, 5.41) is 3.29. The van der Waals surface area contributed by atoms with Gasteiger partial charge in [0.15, 0.2) is 0 Å². The average molecular weight is 210 g/mol. The molecule has 1 aromatic rings. The van der Waals surface area contributed by atoms with Gasteiger partial charge in [-0.05, 0) is 24.6 Å². The van der Waals surface area contributed by atoms with Gasteiger partial charge >= 0.3 is 5.97 Å². The molecular weight excluding hydrogens is 192 g/mol. The number of ether oxygens (including phenoxy) is 1. The third-order valence-electron chi connectivity index (χ3n) is 2.02. The number of hydrogen-bond acceptors (Lipinski definition) is 3. The van der Waals surface area contributed by atoms with Crippen molar-refractivity contribution >= 4 is 5.97 Å². The summed E-state index contributed by atoms with van der Waals surface area (Å²) in [6.45, 7) is 6.02. The van der Waals surface area contributed by atoms with E-state index in [4.69, 9.17) is 0 Å². The lowest BCUT2D eigenvalue weighted by Gasteiger charge is -2.05. The van der Waals surface area contributed by atoms with Crippen molar-refractivity contribution in [2.75, 3.05) is 13.7 Å². The largest absolute Gasteiger partial charge is 0.464 e. The molecule has 15 heavy (non-hydrogen) atoms. The number of hydrogen-bond donors (Lipinski definition) is 2. The number of aromatic nitrogens is 1. The van der Waals surface area contributed by atoms with Crippen LogP contribution >= 0.6 is 0 Å². The second kappa shape index (κ2) is 5.56. The van der Waals surface area contributed by atoms with Gasteiger partial charge in [-0.3, -0.25) is 0 Å². The van der Waals surface area contributed by atoms with Crippen molar-refractivity contribution in [1.29, 1.82) is 0 Å². The predicted octanol–water partition coefficient (Wildman–Crippen LogP) is 1.55. The van der Waals surface area contributed by atoms with Gasteiger partial charge in [0.05, 0.1) is 7.11 Å². The Labute approximate surface area is 90.0 Å². The first kappa shape index (κ1) is 11.8. The summed E-state index contributed by atoms with van der Waals surface area (Å²) in [5.41, 5.74) is 1.50. The fourth-order valence-electron chi connectivity index (χ4n) is 1.27. The van der Waals surface area contributed by atoms with E-state index in [1.807, 2.05) is 6.07 Å². The maximum atomic E-state index is 11.1. The van der Waals surface area contributed by atoms with Crippen LogP contribution in [0.5, 0.6) is 0 Å². The molecule has 0 fully saturated rings. The number of esters is 1. The summed E-state index contributed by atoms with van der Waals surface area (Å²) in [5.74, 6) is 0.296. The number of carbonyl (C=O) groups is 1. The van der Waals surface area contributed by atoms with Gasteiger partial charge in [-0.15, -0.1) is 0 Å². The van der Waals surface area contributed by atoms with E-state index in [2.05, 4.69) is 28.9 Å².